The lowest BCUT2D eigenvalue weighted by molar-refractivity contribution is -0.0493. The first-order chi connectivity index (χ1) is 9.56. The van der Waals surface area contributed by atoms with Crippen LogP contribution in [0.15, 0.2) is 22.7 Å². The van der Waals surface area contributed by atoms with Gasteiger partial charge in [0.1, 0.15) is 5.82 Å². The Labute approximate surface area is 130 Å². The molecule has 1 aromatic carbocycles. The second kappa shape index (κ2) is 8.11. The fourth-order valence-electron chi connectivity index (χ4n) is 2.68. The van der Waals surface area contributed by atoms with Crippen molar-refractivity contribution in [2.45, 2.75) is 51.7 Å². The van der Waals surface area contributed by atoms with E-state index in [4.69, 9.17) is 4.74 Å². The molecule has 0 amide bonds. The standard InChI is InChI=1S/C16H25BrFNO/c1-5-11-19-15(16(6-2,7-3)20-4)12-9-8-10-13(17)14(12)18/h8-10,15,19H,5-7,11H2,1-4H3. The van der Waals surface area contributed by atoms with E-state index < -0.39 is 5.60 Å². The number of ether oxygens (including phenoxy) is 1. The molecular weight excluding hydrogens is 321 g/mol. The van der Waals surface area contributed by atoms with Crippen LogP contribution < -0.4 is 5.32 Å². The van der Waals surface area contributed by atoms with Gasteiger partial charge in [0, 0.05) is 12.7 Å². The minimum Gasteiger partial charge on any atom is -0.376 e. The van der Waals surface area contributed by atoms with E-state index in [1.807, 2.05) is 12.1 Å². The van der Waals surface area contributed by atoms with Gasteiger partial charge in [-0.1, -0.05) is 32.9 Å². The van der Waals surface area contributed by atoms with Crippen LogP contribution in [0, 0.1) is 5.82 Å². The van der Waals surface area contributed by atoms with Gasteiger partial charge < -0.3 is 10.1 Å². The summed E-state index contributed by atoms with van der Waals surface area (Å²) in [6.07, 6.45) is 2.65. The molecule has 0 bridgehead atoms. The Balaban J connectivity index is 3.27. The zero-order chi connectivity index (χ0) is 15.2. The van der Waals surface area contributed by atoms with E-state index in [0.717, 1.165) is 25.8 Å². The smallest absolute Gasteiger partial charge is 0.142 e. The zero-order valence-corrected chi connectivity index (χ0v) is 14.4. The van der Waals surface area contributed by atoms with Crippen LogP contribution in [-0.4, -0.2) is 19.3 Å². The van der Waals surface area contributed by atoms with Gasteiger partial charge in [-0.3, -0.25) is 0 Å². The van der Waals surface area contributed by atoms with E-state index in [9.17, 15) is 4.39 Å². The number of hydrogen-bond acceptors (Lipinski definition) is 2. The summed E-state index contributed by atoms with van der Waals surface area (Å²) in [5.74, 6) is -0.204. The topological polar surface area (TPSA) is 21.3 Å². The molecule has 0 radical (unpaired) electrons. The van der Waals surface area contributed by atoms with Gasteiger partial charge in [-0.25, -0.2) is 4.39 Å². The van der Waals surface area contributed by atoms with Crippen LogP contribution in [0.1, 0.15) is 51.6 Å². The first-order valence-electron chi connectivity index (χ1n) is 7.28. The lowest BCUT2D eigenvalue weighted by atomic mass is 9.83. The third kappa shape index (κ3) is 3.60. The van der Waals surface area contributed by atoms with Crippen molar-refractivity contribution in [3.63, 3.8) is 0 Å². The summed E-state index contributed by atoms with van der Waals surface area (Å²) in [4.78, 5) is 0. The molecule has 0 aliphatic rings. The predicted molar refractivity (Wildman–Crippen MR) is 85.5 cm³/mol. The van der Waals surface area contributed by atoms with Crippen LogP contribution in [-0.2, 0) is 4.74 Å². The first kappa shape index (κ1) is 17.6. The average Bonchev–Trinajstić information content (AvgIpc) is 2.47. The highest BCUT2D eigenvalue weighted by Crippen LogP contribution is 2.37. The maximum absolute atomic E-state index is 14.5. The summed E-state index contributed by atoms with van der Waals surface area (Å²) in [6.45, 7) is 7.11. The van der Waals surface area contributed by atoms with Gasteiger partial charge in [0.15, 0.2) is 0 Å². The Morgan fingerprint density at radius 1 is 1.30 bits per heavy atom. The van der Waals surface area contributed by atoms with Gasteiger partial charge in [-0.05, 0) is 47.8 Å². The van der Waals surface area contributed by atoms with Gasteiger partial charge in [-0.2, -0.15) is 0 Å². The second-order valence-corrected chi connectivity index (χ2v) is 5.86. The lowest BCUT2D eigenvalue weighted by Crippen LogP contribution is -2.45. The molecule has 2 nitrogen and oxygen atoms in total. The lowest BCUT2D eigenvalue weighted by Gasteiger charge is -2.39. The Morgan fingerprint density at radius 3 is 2.45 bits per heavy atom. The molecule has 20 heavy (non-hydrogen) atoms. The van der Waals surface area contributed by atoms with Crippen LogP contribution in [0.4, 0.5) is 4.39 Å². The second-order valence-electron chi connectivity index (χ2n) is 5.01. The number of methoxy groups -OCH3 is 1. The summed E-state index contributed by atoms with van der Waals surface area (Å²) in [5, 5.41) is 3.46. The van der Waals surface area contributed by atoms with Crippen molar-refractivity contribution in [2.75, 3.05) is 13.7 Å². The first-order valence-corrected chi connectivity index (χ1v) is 8.08. The number of rotatable bonds is 8. The minimum atomic E-state index is -0.392. The summed E-state index contributed by atoms with van der Waals surface area (Å²) in [5.41, 5.74) is 0.273. The van der Waals surface area contributed by atoms with Gasteiger partial charge in [0.25, 0.3) is 0 Å². The molecule has 1 atom stereocenters. The molecule has 4 heteroatoms. The van der Waals surface area contributed by atoms with Crippen molar-refractivity contribution < 1.29 is 9.13 Å². The van der Waals surface area contributed by atoms with Crippen LogP contribution in [0.25, 0.3) is 0 Å². The van der Waals surface area contributed by atoms with E-state index in [-0.39, 0.29) is 11.9 Å². The molecule has 0 saturated heterocycles. The molecule has 0 heterocycles. The molecule has 1 rings (SSSR count). The van der Waals surface area contributed by atoms with Crippen molar-refractivity contribution in [2.24, 2.45) is 0 Å². The van der Waals surface area contributed by atoms with Crippen molar-refractivity contribution in [1.29, 1.82) is 0 Å². The molecule has 0 fully saturated rings. The third-order valence-electron chi connectivity index (χ3n) is 4.02. The van der Waals surface area contributed by atoms with Gasteiger partial charge in [-0.15, -0.1) is 0 Å². The maximum Gasteiger partial charge on any atom is 0.142 e. The van der Waals surface area contributed by atoms with Gasteiger partial charge in [0.2, 0.25) is 0 Å². The van der Waals surface area contributed by atoms with Crippen LogP contribution in [0.3, 0.4) is 0 Å². The Hall–Kier alpha value is -0.450. The van der Waals surface area contributed by atoms with Crippen LogP contribution >= 0.6 is 15.9 Å². The van der Waals surface area contributed by atoms with Crippen molar-refractivity contribution in [3.8, 4) is 0 Å². The summed E-state index contributed by atoms with van der Waals surface area (Å²) >= 11 is 3.27. The number of benzene rings is 1. The maximum atomic E-state index is 14.5. The number of nitrogens with one attached hydrogen (secondary N) is 1. The predicted octanol–water partition coefficient (Wildman–Crippen LogP) is 4.83. The Kier molecular flexibility index (Phi) is 7.13. The van der Waals surface area contributed by atoms with Crippen molar-refractivity contribution in [1.82, 2.24) is 5.32 Å². The molecule has 1 N–H and O–H groups in total. The molecule has 0 aliphatic carbocycles. The zero-order valence-electron chi connectivity index (χ0n) is 12.8. The highest BCUT2D eigenvalue weighted by molar-refractivity contribution is 9.10. The fourth-order valence-corrected chi connectivity index (χ4v) is 3.06. The molecule has 1 aromatic rings. The molecular formula is C16H25BrFNO. The molecule has 1 unspecified atom stereocenters. The summed E-state index contributed by atoms with van der Waals surface area (Å²) in [7, 11) is 1.71. The molecule has 0 saturated carbocycles. The van der Waals surface area contributed by atoms with E-state index in [2.05, 4.69) is 42.0 Å². The minimum absolute atomic E-state index is 0.153. The van der Waals surface area contributed by atoms with Crippen molar-refractivity contribution in [3.05, 3.63) is 34.1 Å². The third-order valence-corrected chi connectivity index (χ3v) is 4.63. The average molecular weight is 346 g/mol. The Bertz CT molecular complexity index is 413. The van der Waals surface area contributed by atoms with Gasteiger partial charge >= 0.3 is 0 Å². The highest BCUT2D eigenvalue weighted by Gasteiger charge is 2.38. The fraction of sp³-hybridized carbons (Fsp3) is 0.625. The SMILES string of the molecule is CCCNC(c1cccc(Br)c1F)C(CC)(CC)OC. The normalized spacial score (nSPS) is 13.5. The summed E-state index contributed by atoms with van der Waals surface area (Å²) in [6, 6.07) is 5.28. The van der Waals surface area contributed by atoms with E-state index >= 15 is 0 Å². The highest BCUT2D eigenvalue weighted by atomic mass is 79.9. The number of hydrogen-bond donors (Lipinski definition) is 1. The molecule has 0 aromatic heterocycles. The van der Waals surface area contributed by atoms with Crippen LogP contribution in [0.5, 0.6) is 0 Å². The Morgan fingerprint density at radius 2 is 1.95 bits per heavy atom. The molecule has 114 valence electrons. The van der Waals surface area contributed by atoms with Crippen molar-refractivity contribution >= 4 is 15.9 Å². The van der Waals surface area contributed by atoms with Gasteiger partial charge in [0.05, 0.1) is 16.1 Å². The quantitative estimate of drug-likeness (QED) is 0.728. The van der Waals surface area contributed by atoms with E-state index in [1.54, 1.807) is 13.2 Å². The van der Waals surface area contributed by atoms with E-state index in [1.165, 1.54) is 0 Å². The van der Waals surface area contributed by atoms with E-state index in [0.29, 0.717) is 10.0 Å². The number of halogens is 2. The molecule has 0 spiro atoms. The largest absolute Gasteiger partial charge is 0.376 e. The monoisotopic (exact) mass is 345 g/mol. The van der Waals surface area contributed by atoms with Crippen LogP contribution in [0.2, 0.25) is 0 Å². The molecule has 0 aliphatic heterocycles. The summed E-state index contributed by atoms with van der Waals surface area (Å²) < 4.78 is 20.8.